The monoisotopic (exact) mass is 432 g/mol. The van der Waals surface area contributed by atoms with Crippen LogP contribution < -0.4 is 19.1 Å². The molecule has 32 heavy (non-hydrogen) atoms. The van der Waals surface area contributed by atoms with E-state index in [1.54, 1.807) is 14.2 Å². The Morgan fingerprint density at radius 3 is 2.06 bits per heavy atom. The molecule has 0 bridgehead atoms. The molecule has 0 amide bonds. The zero-order valence-corrected chi connectivity index (χ0v) is 18.9. The van der Waals surface area contributed by atoms with Crippen molar-refractivity contribution in [3.63, 3.8) is 0 Å². The van der Waals surface area contributed by atoms with E-state index in [2.05, 4.69) is 64.4 Å². The first kappa shape index (κ1) is 22.0. The molecule has 0 aromatic heterocycles. The lowest BCUT2D eigenvalue weighted by molar-refractivity contribution is 0.159. The Morgan fingerprint density at radius 2 is 1.41 bits per heavy atom. The first-order valence-corrected chi connectivity index (χ1v) is 11.2. The molecule has 3 aromatic carbocycles. The summed E-state index contributed by atoms with van der Waals surface area (Å²) in [7, 11) is 3.29. The van der Waals surface area contributed by atoms with Crippen LogP contribution in [0.5, 0.6) is 17.2 Å². The second-order valence-corrected chi connectivity index (χ2v) is 7.99. The van der Waals surface area contributed by atoms with Crippen LogP contribution in [0.4, 0.5) is 5.69 Å². The molecule has 0 spiro atoms. The summed E-state index contributed by atoms with van der Waals surface area (Å²) >= 11 is 0. The number of anilines is 1. The second-order valence-electron chi connectivity index (χ2n) is 7.99. The van der Waals surface area contributed by atoms with Crippen molar-refractivity contribution in [3.8, 4) is 17.2 Å². The number of hydrogen-bond donors (Lipinski definition) is 0. The molecule has 1 aliphatic heterocycles. The van der Waals surface area contributed by atoms with E-state index >= 15 is 0 Å². The summed E-state index contributed by atoms with van der Waals surface area (Å²) in [6, 6.07) is 26.9. The van der Waals surface area contributed by atoms with Crippen LogP contribution in [0.25, 0.3) is 0 Å². The summed E-state index contributed by atoms with van der Waals surface area (Å²) in [6.07, 6.45) is 0.894. The second kappa shape index (κ2) is 10.9. The van der Waals surface area contributed by atoms with Gasteiger partial charge in [0.1, 0.15) is 11.9 Å². The van der Waals surface area contributed by atoms with Gasteiger partial charge in [0.2, 0.25) is 0 Å². The minimum Gasteiger partial charge on any atom is -0.493 e. The fraction of sp³-hybridized carbons (Fsp3) is 0.333. The normalized spacial score (nSPS) is 15.2. The van der Waals surface area contributed by atoms with Gasteiger partial charge in [0.15, 0.2) is 11.5 Å². The molecule has 5 heteroatoms. The van der Waals surface area contributed by atoms with Crippen molar-refractivity contribution in [2.45, 2.75) is 12.5 Å². The molecule has 1 atom stereocenters. The molecule has 168 valence electrons. The van der Waals surface area contributed by atoms with E-state index in [-0.39, 0.29) is 6.10 Å². The summed E-state index contributed by atoms with van der Waals surface area (Å²) in [5.74, 6) is 2.16. The van der Waals surface area contributed by atoms with Gasteiger partial charge in [0, 0.05) is 50.9 Å². The molecule has 0 saturated carbocycles. The molecule has 1 heterocycles. The van der Waals surface area contributed by atoms with Gasteiger partial charge in [-0.15, -0.1) is 0 Å². The molecule has 5 nitrogen and oxygen atoms in total. The average Bonchev–Trinajstić information content (AvgIpc) is 2.87. The van der Waals surface area contributed by atoms with Gasteiger partial charge in [0.25, 0.3) is 0 Å². The first-order valence-electron chi connectivity index (χ1n) is 11.2. The van der Waals surface area contributed by atoms with Crippen LogP contribution >= 0.6 is 0 Å². The third-order valence-electron chi connectivity index (χ3n) is 6.01. The first-order chi connectivity index (χ1) is 15.8. The molecule has 0 N–H and O–H groups in total. The molecule has 0 radical (unpaired) electrons. The molecule has 1 aliphatic rings. The van der Waals surface area contributed by atoms with Crippen LogP contribution in [-0.2, 0) is 0 Å². The van der Waals surface area contributed by atoms with Crippen molar-refractivity contribution in [1.29, 1.82) is 0 Å². The minimum absolute atomic E-state index is 0.0264. The lowest BCUT2D eigenvalue weighted by Crippen LogP contribution is -2.46. The fourth-order valence-corrected chi connectivity index (χ4v) is 4.18. The van der Waals surface area contributed by atoms with Crippen LogP contribution in [0.2, 0.25) is 0 Å². The highest BCUT2D eigenvalue weighted by molar-refractivity contribution is 5.47. The fourth-order valence-electron chi connectivity index (χ4n) is 4.18. The predicted molar refractivity (Wildman–Crippen MR) is 129 cm³/mol. The molecular weight excluding hydrogens is 400 g/mol. The van der Waals surface area contributed by atoms with Gasteiger partial charge in [-0.05, 0) is 29.8 Å². The molecule has 0 aliphatic carbocycles. The van der Waals surface area contributed by atoms with E-state index in [4.69, 9.17) is 14.2 Å². The topological polar surface area (TPSA) is 34.2 Å². The summed E-state index contributed by atoms with van der Waals surface area (Å²) in [4.78, 5) is 5.00. The van der Waals surface area contributed by atoms with Crippen molar-refractivity contribution >= 4 is 5.69 Å². The number of methoxy groups -OCH3 is 2. The van der Waals surface area contributed by atoms with Crippen LogP contribution in [0, 0.1) is 0 Å². The van der Waals surface area contributed by atoms with Gasteiger partial charge in [0.05, 0.1) is 14.2 Å². The standard InChI is InChI=1S/C27H32N2O3/c1-30-26-14-13-24(21-27(26)31-2)32-25(22-9-5-3-6-10-22)15-16-28-17-19-29(20-18-28)23-11-7-4-8-12-23/h3-14,21,25H,15-20H2,1-2H3. The average molecular weight is 433 g/mol. The van der Waals surface area contributed by atoms with Crippen molar-refractivity contribution in [1.82, 2.24) is 4.90 Å². The SMILES string of the molecule is COc1ccc(OC(CCN2CCN(c3ccccc3)CC2)c2ccccc2)cc1OC. The van der Waals surface area contributed by atoms with Gasteiger partial charge in [-0.2, -0.15) is 0 Å². The number of hydrogen-bond acceptors (Lipinski definition) is 5. The molecule has 1 unspecified atom stereocenters. The van der Waals surface area contributed by atoms with Gasteiger partial charge < -0.3 is 19.1 Å². The minimum atomic E-state index is -0.0264. The largest absolute Gasteiger partial charge is 0.493 e. The Morgan fingerprint density at radius 1 is 0.750 bits per heavy atom. The maximum atomic E-state index is 6.45. The highest BCUT2D eigenvalue weighted by atomic mass is 16.5. The number of rotatable bonds is 9. The van der Waals surface area contributed by atoms with Gasteiger partial charge in [-0.1, -0.05) is 48.5 Å². The quantitative estimate of drug-likeness (QED) is 0.473. The van der Waals surface area contributed by atoms with Crippen LogP contribution in [0.15, 0.2) is 78.9 Å². The van der Waals surface area contributed by atoms with E-state index in [9.17, 15) is 0 Å². The van der Waals surface area contributed by atoms with E-state index < -0.39 is 0 Å². The van der Waals surface area contributed by atoms with E-state index in [0.29, 0.717) is 11.5 Å². The third kappa shape index (κ3) is 5.54. The Labute approximate surface area is 191 Å². The van der Waals surface area contributed by atoms with Gasteiger partial charge in [-0.25, -0.2) is 0 Å². The van der Waals surface area contributed by atoms with E-state index in [1.807, 2.05) is 24.3 Å². The molecule has 1 fully saturated rings. The zero-order chi connectivity index (χ0) is 22.2. The number of nitrogens with zero attached hydrogens (tertiary/aromatic N) is 2. The maximum Gasteiger partial charge on any atom is 0.164 e. The van der Waals surface area contributed by atoms with Gasteiger partial charge in [-0.3, -0.25) is 4.90 Å². The summed E-state index contributed by atoms with van der Waals surface area (Å²) in [6.45, 7) is 5.22. The Bertz CT molecular complexity index is 957. The van der Waals surface area contributed by atoms with Crippen molar-refractivity contribution in [3.05, 3.63) is 84.4 Å². The van der Waals surface area contributed by atoms with Crippen LogP contribution in [0.1, 0.15) is 18.1 Å². The number of benzene rings is 3. The van der Waals surface area contributed by atoms with Gasteiger partial charge >= 0.3 is 0 Å². The Kier molecular flexibility index (Phi) is 7.51. The summed E-state index contributed by atoms with van der Waals surface area (Å²) in [5, 5.41) is 0. The van der Waals surface area contributed by atoms with Crippen LogP contribution in [-0.4, -0.2) is 51.8 Å². The Balaban J connectivity index is 1.39. The number of ether oxygens (including phenoxy) is 3. The Hall–Kier alpha value is -3.18. The van der Waals surface area contributed by atoms with Crippen molar-refractivity contribution < 1.29 is 14.2 Å². The summed E-state index contributed by atoms with van der Waals surface area (Å²) < 4.78 is 17.3. The van der Waals surface area contributed by atoms with Crippen molar-refractivity contribution in [2.75, 3.05) is 51.8 Å². The number of para-hydroxylation sites is 1. The van der Waals surface area contributed by atoms with E-state index in [0.717, 1.165) is 44.9 Å². The highest BCUT2D eigenvalue weighted by Gasteiger charge is 2.20. The highest BCUT2D eigenvalue weighted by Crippen LogP contribution is 2.34. The van der Waals surface area contributed by atoms with Crippen molar-refractivity contribution in [2.24, 2.45) is 0 Å². The molecular formula is C27H32N2O3. The smallest absolute Gasteiger partial charge is 0.164 e. The predicted octanol–water partition coefficient (Wildman–Crippen LogP) is 5.04. The lowest BCUT2D eigenvalue weighted by atomic mass is 10.1. The number of piperazine rings is 1. The molecule has 4 rings (SSSR count). The van der Waals surface area contributed by atoms with E-state index in [1.165, 1.54) is 11.3 Å². The zero-order valence-electron chi connectivity index (χ0n) is 18.9. The molecule has 1 saturated heterocycles. The van der Waals surface area contributed by atoms with Crippen LogP contribution in [0.3, 0.4) is 0 Å². The summed E-state index contributed by atoms with van der Waals surface area (Å²) in [5.41, 5.74) is 2.50. The third-order valence-corrected chi connectivity index (χ3v) is 6.01. The molecule has 3 aromatic rings. The maximum absolute atomic E-state index is 6.45. The lowest BCUT2D eigenvalue weighted by Gasteiger charge is -2.36.